The number of nitrogens with one attached hydrogen (secondary N) is 1. The largest absolute Gasteiger partial charge is 0.399 e. The van der Waals surface area contributed by atoms with Gasteiger partial charge in [0.25, 0.3) is 0 Å². The van der Waals surface area contributed by atoms with Gasteiger partial charge in [0.15, 0.2) is 0 Å². The number of fused-ring (bicyclic) bond motifs is 1. The Morgan fingerprint density at radius 3 is 3.00 bits per heavy atom. The smallest absolute Gasteiger partial charge is 0.0743 e. The maximum atomic E-state index is 9.85. The summed E-state index contributed by atoms with van der Waals surface area (Å²) in [6.45, 7) is 0.810. The molecule has 1 fully saturated rings. The number of nitrogen functional groups attached to an aromatic ring is 1. The average molecular weight is 257 g/mol. The minimum Gasteiger partial charge on any atom is -0.399 e. The molecule has 4 heteroatoms. The van der Waals surface area contributed by atoms with Crippen molar-refractivity contribution < 1.29 is 5.11 Å². The quantitative estimate of drug-likeness (QED) is 0.738. The van der Waals surface area contributed by atoms with Crippen molar-refractivity contribution in [3.63, 3.8) is 0 Å². The monoisotopic (exact) mass is 257 g/mol. The van der Waals surface area contributed by atoms with Crippen LogP contribution in [0, 0.1) is 5.92 Å². The lowest BCUT2D eigenvalue weighted by Gasteiger charge is -2.17. The highest BCUT2D eigenvalue weighted by molar-refractivity contribution is 5.92. The highest BCUT2D eigenvalue weighted by Gasteiger charge is 2.24. The number of pyridine rings is 1. The molecule has 1 aromatic heterocycles. The molecule has 2 aromatic rings. The van der Waals surface area contributed by atoms with Gasteiger partial charge in [0.05, 0.1) is 11.6 Å². The molecule has 1 aliphatic carbocycles. The third-order valence-corrected chi connectivity index (χ3v) is 3.94. The maximum absolute atomic E-state index is 9.85. The fourth-order valence-electron chi connectivity index (χ4n) is 2.82. The lowest BCUT2D eigenvalue weighted by Crippen LogP contribution is -2.22. The fraction of sp³-hybridized carbons (Fsp3) is 0.400. The number of aliphatic hydroxyl groups excluding tert-OH is 1. The number of nitrogens with zero attached hydrogens (tertiary/aromatic N) is 1. The van der Waals surface area contributed by atoms with Gasteiger partial charge in [-0.3, -0.25) is 4.98 Å². The van der Waals surface area contributed by atoms with Gasteiger partial charge in [0, 0.05) is 35.4 Å². The van der Waals surface area contributed by atoms with Crippen LogP contribution in [0.5, 0.6) is 0 Å². The normalized spacial score (nSPS) is 22.8. The van der Waals surface area contributed by atoms with E-state index in [4.69, 9.17) is 5.73 Å². The molecule has 100 valence electrons. The van der Waals surface area contributed by atoms with Crippen LogP contribution in [-0.4, -0.2) is 22.7 Å². The van der Waals surface area contributed by atoms with E-state index >= 15 is 0 Å². The first-order valence-electron chi connectivity index (χ1n) is 6.80. The Morgan fingerprint density at radius 2 is 2.21 bits per heavy atom. The predicted octanol–water partition coefficient (Wildman–Crippen LogP) is 2.39. The second-order valence-corrected chi connectivity index (χ2v) is 5.27. The molecule has 0 bridgehead atoms. The second-order valence-electron chi connectivity index (χ2n) is 5.27. The van der Waals surface area contributed by atoms with Crippen molar-refractivity contribution in [1.29, 1.82) is 0 Å². The topological polar surface area (TPSA) is 71.2 Å². The average Bonchev–Trinajstić information content (AvgIpc) is 2.81. The molecular weight excluding hydrogens is 238 g/mol. The number of hydrogen-bond acceptors (Lipinski definition) is 4. The molecule has 0 radical (unpaired) electrons. The number of rotatable bonds is 3. The zero-order chi connectivity index (χ0) is 13.2. The van der Waals surface area contributed by atoms with Crippen molar-refractivity contribution in [2.45, 2.75) is 25.4 Å². The third-order valence-electron chi connectivity index (χ3n) is 3.94. The molecule has 1 aromatic carbocycles. The van der Waals surface area contributed by atoms with Gasteiger partial charge in [-0.15, -0.1) is 0 Å². The van der Waals surface area contributed by atoms with E-state index in [9.17, 15) is 5.11 Å². The molecule has 0 saturated heterocycles. The summed E-state index contributed by atoms with van der Waals surface area (Å²) in [7, 11) is 0. The Morgan fingerprint density at radius 1 is 1.32 bits per heavy atom. The van der Waals surface area contributed by atoms with Gasteiger partial charge in [-0.2, -0.15) is 0 Å². The summed E-state index contributed by atoms with van der Waals surface area (Å²) in [5.41, 5.74) is 8.46. The molecule has 1 heterocycles. The highest BCUT2D eigenvalue weighted by Crippen LogP contribution is 2.28. The fourth-order valence-corrected chi connectivity index (χ4v) is 2.82. The lowest BCUT2D eigenvalue weighted by molar-refractivity contribution is 0.138. The zero-order valence-electron chi connectivity index (χ0n) is 10.8. The first-order chi connectivity index (χ1) is 9.24. The van der Waals surface area contributed by atoms with Crippen molar-refractivity contribution in [2.24, 2.45) is 5.92 Å². The van der Waals surface area contributed by atoms with Crippen LogP contribution in [0.15, 0.2) is 30.5 Å². The molecule has 19 heavy (non-hydrogen) atoms. The van der Waals surface area contributed by atoms with Crippen molar-refractivity contribution in [3.8, 4) is 0 Å². The van der Waals surface area contributed by atoms with Crippen LogP contribution in [0.4, 0.5) is 11.4 Å². The number of hydrogen-bond donors (Lipinski definition) is 3. The Labute approximate surface area is 112 Å². The summed E-state index contributed by atoms with van der Waals surface area (Å²) in [6.07, 6.45) is 4.79. The molecule has 2 unspecified atom stereocenters. The van der Waals surface area contributed by atoms with Gasteiger partial charge in [0.1, 0.15) is 0 Å². The summed E-state index contributed by atoms with van der Waals surface area (Å²) >= 11 is 0. The maximum Gasteiger partial charge on any atom is 0.0743 e. The molecule has 4 N–H and O–H groups in total. The van der Waals surface area contributed by atoms with Crippen LogP contribution >= 0.6 is 0 Å². The van der Waals surface area contributed by atoms with E-state index in [0.717, 1.165) is 48.1 Å². The van der Waals surface area contributed by atoms with E-state index in [2.05, 4.69) is 10.3 Å². The summed E-state index contributed by atoms with van der Waals surface area (Å²) < 4.78 is 0. The van der Waals surface area contributed by atoms with Crippen LogP contribution in [0.1, 0.15) is 19.3 Å². The highest BCUT2D eigenvalue weighted by atomic mass is 16.3. The van der Waals surface area contributed by atoms with Gasteiger partial charge in [0.2, 0.25) is 0 Å². The van der Waals surface area contributed by atoms with Crippen molar-refractivity contribution in [2.75, 3.05) is 17.6 Å². The van der Waals surface area contributed by atoms with Crippen molar-refractivity contribution >= 4 is 22.3 Å². The molecular formula is C15H19N3O. The number of aliphatic hydroxyl groups is 1. The van der Waals surface area contributed by atoms with E-state index in [0.29, 0.717) is 5.92 Å². The Balaban J connectivity index is 1.81. The van der Waals surface area contributed by atoms with Crippen LogP contribution in [0.3, 0.4) is 0 Å². The molecule has 1 saturated carbocycles. The summed E-state index contributed by atoms with van der Waals surface area (Å²) in [5, 5.41) is 14.4. The predicted molar refractivity (Wildman–Crippen MR) is 78.0 cm³/mol. The van der Waals surface area contributed by atoms with Crippen molar-refractivity contribution in [3.05, 3.63) is 30.5 Å². The van der Waals surface area contributed by atoms with Gasteiger partial charge < -0.3 is 16.2 Å². The summed E-state index contributed by atoms with van der Waals surface area (Å²) in [5.74, 6) is 0.358. The molecule has 0 aliphatic heterocycles. The van der Waals surface area contributed by atoms with Crippen LogP contribution in [-0.2, 0) is 0 Å². The number of anilines is 2. The second kappa shape index (κ2) is 5.05. The standard InChI is InChI=1S/C15H19N3O/c16-11-4-5-12-13(6-7-17-14(12)8-11)18-9-10-2-1-3-15(10)19/h4-8,10,15,19H,1-3,9,16H2,(H,17,18). The van der Waals surface area contributed by atoms with Crippen LogP contribution < -0.4 is 11.1 Å². The SMILES string of the molecule is Nc1ccc2c(NCC3CCCC3O)ccnc2c1. The third kappa shape index (κ3) is 2.49. The molecule has 1 aliphatic rings. The van der Waals surface area contributed by atoms with E-state index in [1.54, 1.807) is 6.20 Å². The molecule has 0 amide bonds. The summed E-state index contributed by atoms with van der Waals surface area (Å²) in [6, 6.07) is 7.73. The number of benzene rings is 1. The van der Waals surface area contributed by atoms with E-state index in [1.807, 2.05) is 24.3 Å². The molecule has 0 spiro atoms. The Hall–Kier alpha value is -1.81. The summed E-state index contributed by atoms with van der Waals surface area (Å²) in [4.78, 5) is 4.33. The van der Waals surface area contributed by atoms with Crippen molar-refractivity contribution in [1.82, 2.24) is 4.98 Å². The minimum absolute atomic E-state index is 0.156. The van der Waals surface area contributed by atoms with E-state index in [-0.39, 0.29) is 6.10 Å². The Kier molecular flexibility index (Phi) is 3.25. The van der Waals surface area contributed by atoms with E-state index < -0.39 is 0 Å². The van der Waals surface area contributed by atoms with Gasteiger partial charge >= 0.3 is 0 Å². The first kappa shape index (κ1) is 12.2. The molecule has 3 rings (SSSR count). The Bertz CT molecular complexity index is 585. The van der Waals surface area contributed by atoms with Crippen LogP contribution in [0.2, 0.25) is 0 Å². The van der Waals surface area contributed by atoms with Crippen LogP contribution in [0.25, 0.3) is 10.9 Å². The van der Waals surface area contributed by atoms with E-state index in [1.165, 1.54) is 0 Å². The number of nitrogens with two attached hydrogens (primary N) is 1. The minimum atomic E-state index is -0.156. The molecule has 4 nitrogen and oxygen atoms in total. The first-order valence-corrected chi connectivity index (χ1v) is 6.80. The molecule has 2 atom stereocenters. The van der Waals surface area contributed by atoms with Gasteiger partial charge in [-0.25, -0.2) is 0 Å². The zero-order valence-corrected chi connectivity index (χ0v) is 10.8. The number of aromatic nitrogens is 1. The van der Waals surface area contributed by atoms with Gasteiger partial charge in [-0.1, -0.05) is 6.42 Å². The lowest BCUT2D eigenvalue weighted by atomic mass is 10.1. The van der Waals surface area contributed by atoms with Gasteiger partial charge in [-0.05, 0) is 37.1 Å².